The molecule has 2 aliphatic rings. The Morgan fingerprint density at radius 3 is 2.00 bits per heavy atom. The Morgan fingerprint density at radius 1 is 0.771 bits per heavy atom. The van der Waals surface area contributed by atoms with Crippen molar-refractivity contribution in [1.29, 1.82) is 0 Å². The molecule has 0 amide bonds. The molecule has 0 bridgehead atoms. The molecular weight excluding hydrogens is 450 g/mol. The van der Waals surface area contributed by atoms with Gasteiger partial charge in [0.1, 0.15) is 0 Å². The van der Waals surface area contributed by atoms with E-state index < -0.39 is 0 Å². The number of thioether (sulfide) groups is 1. The number of nitrogens with zero attached hydrogens (tertiary/aromatic N) is 1. The van der Waals surface area contributed by atoms with Gasteiger partial charge in [-0.25, -0.2) is 0 Å². The van der Waals surface area contributed by atoms with E-state index in [4.69, 9.17) is 9.47 Å². The van der Waals surface area contributed by atoms with Crippen LogP contribution in [0.1, 0.15) is 142 Å². The highest BCUT2D eigenvalue weighted by atomic mass is 32.2. The molecule has 0 aromatic rings. The molecule has 3 nitrogen and oxygen atoms in total. The lowest BCUT2D eigenvalue weighted by molar-refractivity contribution is 0.0153. The van der Waals surface area contributed by atoms with Crippen LogP contribution >= 0.6 is 11.8 Å². The summed E-state index contributed by atoms with van der Waals surface area (Å²) in [5, 5.41) is 2.20. The second kappa shape index (κ2) is 23.0. The summed E-state index contributed by atoms with van der Waals surface area (Å²) >= 11 is 1.90. The van der Waals surface area contributed by atoms with Crippen LogP contribution in [0.4, 0.5) is 0 Å². The van der Waals surface area contributed by atoms with Gasteiger partial charge in [-0.1, -0.05) is 116 Å². The molecule has 0 aromatic carbocycles. The van der Waals surface area contributed by atoms with Crippen molar-refractivity contribution in [3.05, 3.63) is 11.6 Å². The highest BCUT2D eigenvalue weighted by molar-refractivity contribution is 8.02. The van der Waals surface area contributed by atoms with Gasteiger partial charge < -0.3 is 14.4 Å². The molecule has 206 valence electrons. The van der Waals surface area contributed by atoms with Gasteiger partial charge >= 0.3 is 0 Å². The lowest BCUT2D eigenvalue weighted by atomic mass is 9.97. The molecular formula is C31H59NO2S. The van der Waals surface area contributed by atoms with Gasteiger partial charge in [0.05, 0.1) is 18.6 Å². The quantitative estimate of drug-likeness (QED) is 0.114. The monoisotopic (exact) mass is 509 g/mol. The first kappa shape index (κ1) is 31.0. The summed E-state index contributed by atoms with van der Waals surface area (Å²) in [6, 6.07) is 0. The first-order valence-electron chi connectivity index (χ1n) is 15.6. The number of unbranched alkanes of at least 4 members (excludes halogenated alkanes) is 17. The van der Waals surface area contributed by atoms with E-state index in [2.05, 4.69) is 23.4 Å². The third kappa shape index (κ3) is 17.8. The van der Waals surface area contributed by atoms with Gasteiger partial charge in [0.2, 0.25) is 0 Å². The Balaban J connectivity index is 1.25. The molecule has 2 unspecified atom stereocenters. The minimum Gasteiger partial charge on any atom is -0.379 e. The second-order valence-electron chi connectivity index (χ2n) is 11.2. The third-order valence-electron chi connectivity index (χ3n) is 7.78. The van der Waals surface area contributed by atoms with Crippen molar-refractivity contribution in [2.45, 2.75) is 148 Å². The zero-order valence-electron chi connectivity index (χ0n) is 23.4. The smallest absolute Gasteiger partial charge is 0.0812 e. The maximum Gasteiger partial charge on any atom is 0.0812 e. The summed E-state index contributed by atoms with van der Waals surface area (Å²) in [7, 11) is 0. The van der Waals surface area contributed by atoms with E-state index in [1.807, 2.05) is 11.8 Å². The molecule has 2 aliphatic heterocycles. The number of rotatable bonds is 25. The van der Waals surface area contributed by atoms with Crippen molar-refractivity contribution >= 4 is 11.8 Å². The molecule has 2 atom stereocenters. The predicted octanol–water partition coefficient (Wildman–Crippen LogP) is 9.71. The van der Waals surface area contributed by atoms with Crippen molar-refractivity contribution < 1.29 is 9.47 Å². The van der Waals surface area contributed by atoms with Crippen LogP contribution in [-0.4, -0.2) is 43.2 Å². The van der Waals surface area contributed by atoms with Gasteiger partial charge in [0.15, 0.2) is 0 Å². The number of ether oxygens (including phenoxy) is 2. The van der Waals surface area contributed by atoms with E-state index in [1.54, 1.807) is 0 Å². The Morgan fingerprint density at radius 2 is 1.37 bits per heavy atom. The summed E-state index contributed by atoms with van der Waals surface area (Å²) in [5.74, 6) is 1.92. The summed E-state index contributed by atoms with van der Waals surface area (Å²) in [6.45, 7) is 6.19. The fraction of sp³-hybridized carbons (Fsp3) is 0.935. The van der Waals surface area contributed by atoms with Gasteiger partial charge in [0.25, 0.3) is 0 Å². The molecule has 0 radical (unpaired) electrons. The van der Waals surface area contributed by atoms with Gasteiger partial charge in [-0.2, -0.15) is 0 Å². The SMILES string of the molecule is CCCCCCCCCCCCCCCCCC1COC(COCCCCCCN2C=CSC2)C1. The number of hydrogen-bond acceptors (Lipinski definition) is 4. The average molecular weight is 510 g/mol. The molecule has 2 rings (SSSR count). The van der Waals surface area contributed by atoms with Crippen LogP contribution in [0.15, 0.2) is 11.6 Å². The van der Waals surface area contributed by atoms with Gasteiger partial charge in [-0.3, -0.25) is 0 Å². The minimum absolute atomic E-state index is 0.357. The Bertz CT molecular complexity index is 487. The van der Waals surface area contributed by atoms with Gasteiger partial charge in [0, 0.05) is 26.0 Å². The Hall–Kier alpha value is -0.190. The minimum atomic E-state index is 0.357. The Labute approximate surface area is 223 Å². The molecule has 0 saturated carbocycles. The molecule has 0 aliphatic carbocycles. The van der Waals surface area contributed by atoms with Crippen LogP contribution < -0.4 is 0 Å². The van der Waals surface area contributed by atoms with Gasteiger partial charge in [-0.05, 0) is 37.0 Å². The molecule has 0 N–H and O–H groups in total. The molecule has 4 heteroatoms. The summed E-state index contributed by atoms with van der Waals surface area (Å²) in [5.41, 5.74) is 0. The topological polar surface area (TPSA) is 21.7 Å². The zero-order valence-corrected chi connectivity index (χ0v) is 24.2. The first-order chi connectivity index (χ1) is 17.4. The van der Waals surface area contributed by atoms with Crippen molar-refractivity contribution in [1.82, 2.24) is 4.90 Å². The highest BCUT2D eigenvalue weighted by Gasteiger charge is 2.24. The fourth-order valence-electron chi connectivity index (χ4n) is 5.44. The lowest BCUT2D eigenvalue weighted by Gasteiger charge is -2.14. The Kier molecular flexibility index (Phi) is 20.4. The van der Waals surface area contributed by atoms with E-state index >= 15 is 0 Å². The van der Waals surface area contributed by atoms with Crippen molar-refractivity contribution in [3.63, 3.8) is 0 Å². The maximum absolute atomic E-state index is 6.00. The van der Waals surface area contributed by atoms with E-state index in [0.717, 1.165) is 31.6 Å². The molecule has 1 saturated heterocycles. The van der Waals surface area contributed by atoms with E-state index in [-0.39, 0.29) is 0 Å². The summed E-state index contributed by atoms with van der Waals surface area (Å²) in [6.07, 6.45) is 31.9. The molecule has 1 fully saturated rings. The van der Waals surface area contributed by atoms with Crippen LogP contribution in [0.5, 0.6) is 0 Å². The molecule has 35 heavy (non-hydrogen) atoms. The second-order valence-corrected chi connectivity index (χ2v) is 12.0. The van der Waals surface area contributed by atoms with Crippen molar-refractivity contribution in [2.24, 2.45) is 5.92 Å². The van der Waals surface area contributed by atoms with Crippen LogP contribution in [-0.2, 0) is 9.47 Å². The third-order valence-corrected chi connectivity index (χ3v) is 8.57. The van der Waals surface area contributed by atoms with Gasteiger partial charge in [-0.15, -0.1) is 11.8 Å². The lowest BCUT2D eigenvalue weighted by Crippen LogP contribution is -2.15. The average Bonchev–Trinajstić information content (AvgIpc) is 3.55. The van der Waals surface area contributed by atoms with Crippen LogP contribution in [0.3, 0.4) is 0 Å². The summed E-state index contributed by atoms with van der Waals surface area (Å²) in [4.78, 5) is 2.41. The zero-order chi connectivity index (χ0) is 24.7. The molecule has 2 heterocycles. The van der Waals surface area contributed by atoms with Crippen LogP contribution in [0.25, 0.3) is 0 Å². The highest BCUT2D eigenvalue weighted by Crippen LogP contribution is 2.25. The van der Waals surface area contributed by atoms with E-state index in [1.165, 1.54) is 141 Å². The van der Waals surface area contributed by atoms with Crippen molar-refractivity contribution in [3.8, 4) is 0 Å². The largest absolute Gasteiger partial charge is 0.379 e. The van der Waals surface area contributed by atoms with E-state index in [0.29, 0.717) is 6.10 Å². The normalized spacial score (nSPS) is 19.9. The summed E-state index contributed by atoms with van der Waals surface area (Å²) < 4.78 is 11.9. The molecule has 0 aromatic heterocycles. The number of hydrogen-bond donors (Lipinski definition) is 0. The molecule has 0 spiro atoms. The first-order valence-corrected chi connectivity index (χ1v) is 16.6. The predicted molar refractivity (Wildman–Crippen MR) is 155 cm³/mol. The van der Waals surface area contributed by atoms with Crippen LogP contribution in [0, 0.1) is 5.92 Å². The van der Waals surface area contributed by atoms with E-state index in [9.17, 15) is 0 Å². The van der Waals surface area contributed by atoms with Crippen molar-refractivity contribution in [2.75, 3.05) is 32.2 Å². The fourth-order valence-corrected chi connectivity index (χ4v) is 6.19. The standard InChI is InChI=1S/C31H59NO2S/c1-2-3-4-5-6-7-8-9-10-11-12-13-14-15-18-21-30-26-31(34-27-30)28-33-24-20-17-16-19-22-32-23-25-35-29-32/h23,25,30-31H,2-22,24,26-29H2,1H3. The maximum atomic E-state index is 6.00. The van der Waals surface area contributed by atoms with Crippen LogP contribution in [0.2, 0.25) is 0 Å².